The average Bonchev–Trinajstić information content (AvgIpc) is 2.72. The van der Waals surface area contributed by atoms with E-state index < -0.39 is 5.97 Å². The standard InChI is InChI=1S/C9H11NO3/c1-6(8(11)12)9(2-3-9)7-4-10-5-13-7/h4-6H,2-3H2,1H3,(H,11,12). The molecule has 1 heterocycles. The molecule has 1 aromatic rings. The molecule has 1 aromatic heterocycles. The maximum absolute atomic E-state index is 10.8. The van der Waals surface area contributed by atoms with Gasteiger partial charge in [-0.3, -0.25) is 4.79 Å². The first-order valence-corrected chi connectivity index (χ1v) is 4.28. The molecular formula is C9H11NO3. The van der Waals surface area contributed by atoms with Gasteiger partial charge in [-0.1, -0.05) is 6.92 Å². The topological polar surface area (TPSA) is 63.3 Å². The van der Waals surface area contributed by atoms with Crippen molar-refractivity contribution in [1.82, 2.24) is 4.98 Å². The molecule has 13 heavy (non-hydrogen) atoms. The first-order valence-electron chi connectivity index (χ1n) is 4.28. The Hall–Kier alpha value is -1.32. The van der Waals surface area contributed by atoms with Gasteiger partial charge in [-0.15, -0.1) is 0 Å². The van der Waals surface area contributed by atoms with Gasteiger partial charge < -0.3 is 9.52 Å². The Labute approximate surface area is 75.6 Å². The Morgan fingerprint density at radius 2 is 2.46 bits per heavy atom. The Bertz CT molecular complexity index is 314. The van der Waals surface area contributed by atoms with Crippen molar-refractivity contribution in [3.05, 3.63) is 18.4 Å². The van der Waals surface area contributed by atoms with Crippen LogP contribution in [0.1, 0.15) is 25.5 Å². The lowest BCUT2D eigenvalue weighted by atomic mass is 9.89. The van der Waals surface area contributed by atoms with E-state index in [1.54, 1.807) is 13.1 Å². The lowest BCUT2D eigenvalue weighted by molar-refractivity contribution is -0.142. The summed E-state index contributed by atoms with van der Waals surface area (Å²) in [7, 11) is 0. The lowest BCUT2D eigenvalue weighted by Gasteiger charge is -2.15. The first-order chi connectivity index (χ1) is 6.17. The minimum atomic E-state index is -0.770. The van der Waals surface area contributed by atoms with Gasteiger partial charge in [0, 0.05) is 5.41 Å². The Balaban J connectivity index is 2.27. The molecule has 1 unspecified atom stereocenters. The number of carboxylic acids is 1. The van der Waals surface area contributed by atoms with Crippen molar-refractivity contribution in [2.45, 2.75) is 25.2 Å². The number of aliphatic carboxylic acids is 1. The van der Waals surface area contributed by atoms with E-state index in [-0.39, 0.29) is 11.3 Å². The number of oxazole rings is 1. The molecule has 70 valence electrons. The second kappa shape index (κ2) is 2.58. The molecule has 0 aromatic carbocycles. The molecule has 0 saturated heterocycles. The largest absolute Gasteiger partial charge is 0.481 e. The van der Waals surface area contributed by atoms with Crippen LogP contribution in [0.15, 0.2) is 17.0 Å². The molecule has 1 saturated carbocycles. The SMILES string of the molecule is CC(C(=O)O)C1(c2cnco2)CC1. The Morgan fingerprint density at radius 1 is 1.77 bits per heavy atom. The fourth-order valence-electron chi connectivity index (χ4n) is 1.73. The van der Waals surface area contributed by atoms with Crippen molar-refractivity contribution in [1.29, 1.82) is 0 Å². The summed E-state index contributed by atoms with van der Waals surface area (Å²) in [4.78, 5) is 14.6. The van der Waals surface area contributed by atoms with Crippen LogP contribution in [0, 0.1) is 5.92 Å². The van der Waals surface area contributed by atoms with Crippen molar-refractivity contribution < 1.29 is 14.3 Å². The predicted octanol–water partition coefficient (Wildman–Crippen LogP) is 1.43. The molecule has 0 bridgehead atoms. The highest BCUT2D eigenvalue weighted by Gasteiger charge is 2.54. The highest BCUT2D eigenvalue weighted by atomic mass is 16.4. The number of nitrogens with zero attached hydrogens (tertiary/aromatic N) is 1. The quantitative estimate of drug-likeness (QED) is 0.766. The van der Waals surface area contributed by atoms with Crippen LogP contribution in [-0.2, 0) is 10.2 Å². The van der Waals surface area contributed by atoms with Gasteiger partial charge in [-0.05, 0) is 12.8 Å². The number of aromatic nitrogens is 1. The first kappa shape index (κ1) is 8.29. The van der Waals surface area contributed by atoms with Crippen molar-refractivity contribution >= 4 is 5.97 Å². The van der Waals surface area contributed by atoms with Gasteiger partial charge in [-0.25, -0.2) is 4.98 Å². The summed E-state index contributed by atoms with van der Waals surface area (Å²) in [5, 5.41) is 8.89. The molecule has 1 fully saturated rings. The van der Waals surface area contributed by atoms with Gasteiger partial charge in [0.25, 0.3) is 0 Å². The average molecular weight is 181 g/mol. The van der Waals surface area contributed by atoms with E-state index in [2.05, 4.69) is 4.98 Å². The van der Waals surface area contributed by atoms with E-state index in [0.29, 0.717) is 5.76 Å². The minimum absolute atomic E-state index is 0.275. The van der Waals surface area contributed by atoms with Gasteiger partial charge in [0.2, 0.25) is 0 Å². The molecule has 0 radical (unpaired) electrons. The molecule has 0 aliphatic heterocycles. The highest BCUT2D eigenvalue weighted by Crippen LogP contribution is 2.53. The third kappa shape index (κ3) is 1.13. The second-order valence-corrected chi connectivity index (χ2v) is 3.58. The molecular weight excluding hydrogens is 170 g/mol. The van der Waals surface area contributed by atoms with Crippen LogP contribution in [-0.4, -0.2) is 16.1 Å². The smallest absolute Gasteiger partial charge is 0.307 e. The zero-order chi connectivity index (χ0) is 9.47. The number of carboxylic acid groups (broad SMARTS) is 1. The maximum atomic E-state index is 10.8. The normalized spacial score (nSPS) is 21.0. The fraction of sp³-hybridized carbons (Fsp3) is 0.556. The molecule has 0 spiro atoms. The Morgan fingerprint density at radius 3 is 2.85 bits per heavy atom. The van der Waals surface area contributed by atoms with Crippen molar-refractivity contribution in [3.8, 4) is 0 Å². The lowest BCUT2D eigenvalue weighted by Crippen LogP contribution is -2.24. The molecule has 4 heteroatoms. The van der Waals surface area contributed by atoms with Crippen LogP contribution in [0.3, 0.4) is 0 Å². The van der Waals surface area contributed by atoms with E-state index in [9.17, 15) is 4.79 Å². The van der Waals surface area contributed by atoms with E-state index in [1.165, 1.54) is 6.39 Å². The molecule has 0 amide bonds. The van der Waals surface area contributed by atoms with E-state index in [0.717, 1.165) is 12.8 Å². The number of carbonyl (C=O) groups is 1. The zero-order valence-corrected chi connectivity index (χ0v) is 7.36. The monoisotopic (exact) mass is 181 g/mol. The zero-order valence-electron chi connectivity index (χ0n) is 7.36. The fourth-order valence-corrected chi connectivity index (χ4v) is 1.73. The molecule has 1 N–H and O–H groups in total. The summed E-state index contributed by atoms with van der Waals surface area (Å²) in [6.07, 6.45) is 4.74. The third-order valence-electron chi connectivity index (χ3n) is 2.91. The van der Waals surface area contributed by atoms with E-state index in [1.807, 2.05) is 0 Å². The maximum Gasteiger partial charge on any atom is 0.307 e. The molecule has 1 aliphatic rings. The van der Waals surface area contributed by atoms with Gasteiger partial charge in [-0.2, -0.15) is 0 Å². The number of hydrogen-bond acceptors (Lipinski definition) is 3. The molecule has 1 aliphatic carbocycles. The number of rotatable bonds is 3. The van der Waals surface area contributed by atoms with Gasteiger partial charge in [0.05, 0.1) is 12.1 Å². The van der Waals surface area contributed by atoms with Gasteiger partial charge >= 0.3 is 5.97 Å². The van der Waals surface area contributed by atoms with Gasteiger partial charge in [0.15, 0.2) is 6.39 Å². The predicted molar refractivity (Wildman–Crippen MR) is 44.2 cm³/mol. The van der Waals surface area contributed by atoms with Crippen LogP contribution in [0.4, 0.5) is 0 Å². The minimum Gasteiger partial charge on any atom is -0.481 e. The van der Waals surface area contributed by atoms with Crippen molar-refractivity contribution in [2.75, 3.05) is 0 Å². The summed E-state index contributed by atoms with van der Waals surface area (Å²) in [5.74, 6) is -0.447. The molecule has 4 nitrogen and oxygen atoms in total. The summed E-state index contributed by atoms with van der Waals surface area (Å²) in [6.45, 7) is 1.72. The number of hydrogen-bond donors (Lipinski definition) is 1. The van der Waals surface area contributed by atoms with Crippen LogP contribution in [0.2, 0.25) is 0 Å². The second-order valence-electron chi connectivity index (χ2n) is 3.58. The highest BCUT2D eigenvalue weighted by molar-refractivity contribution is 5.72. The molecule has 1 atom stereocenters. The van der Waals surface area contributed by atoms with Crippen molar-refractivity contribution in [2.24, 2.45) is 5.92 Å². The Kier molecular flexibility index (Phi) is 1.65. The van der Waals surface area contributed by atoms with E-state index >= 15 is 0 Å². The van der Waals surface area contributed by atoms with Crippen LogP contribution < -0.4 is 0 Å². The van der Waals surface area contributed by atoms with Gasteiger partial charge in [0.1, 0.15) is 5.76 Å². The van der Waals surface area contributed by atoms with Crippen molar-refractivity contribution in [3.63, 3.8) is 0 Å². The van der Waals surface area contributed by atoms with Crippen LogP contribution in [0.5, 0.6) is 0 Å². The van der Waals surface area contributed by atoms with Crippen LogP contribution in [0.25, 0.3) is 0 Å². The third-order valence-corrected chi connectivity index (χ3v) is 2.91. The molecule has 2 rings (SSSR count). The summed E-state index contributed by atoms with van der Waals surface area (Å²) in [6, 6.07) is 0. The van der Waals surface area contributed by atoms with Crippen LogP contribution >= 0.6 is 0 Å². The van der Waals surface area contributed by atoms with E-state index in [4.69, 9.17) is 9.52 Å². The summed E-state index contributed by atoms with van der Waals surface area (Å²) in [5.41, 5.74) is -0.275. The summed E-state index contributed by atoms with van der Waals surface area (Å²) >= 11 is 0. The summed E-state index contributed by atoms with van der Waals surface area (Å²) < 4.78 is 5.16.